The van der Waals surface area contributed by atoms with E-state index in [1.54, 1.807) is 0 Å². The van der Waals surface area contributed by atoms with Crippen LogP contribution in [-0.2, 0) is 4.74 Å². The first-order valence-corrected chi connectivity index (χ1v) is 3.28. The second kappa shape index (κ2) is 3.49. The Labute approximate surface area is 55.8 Å². The molecule has 1 rings (SSSR count). The first-order chi connectivity index (χ1) is 4.43. The first-order valence-electron chi connectivity index (χ1n) is 3.28. The normalized spacial score (nSPS) is 21.2. The SMILES string of the molecule is C#CC[NH+]1CCOCC1. The average molecular weight is 126 g/mol. The van der Waals surface area contributed by atoms with Crippen molar-refractivity contribution in [2.75, 3.05) is 32.8 Å². The Morgan fingerprint density at radius 1 is 1.44 bits per heavy atom. The summed E-state index contributed by atoms with van der Waals surface area (Å²) in [4.78, 5) is 1.48. The molecule has 1 aliphatic heterocycles. The molecule has 0 aromatic rings. The fraction of sp³-hybridized carbons (Fsp3) is 0.714. The van der Waals surface area contributed by atoms with Crippen LogP contribution in [0.1, 0.15) is 0 Å². The Kier molecular flexibility index (Phi) is 2.56. The summed E-state index contributed by atoms with van der Waals surface area (Å²) in [7, 11) is 0. The van der Waals surface area contributed by atoms with Crippen molar-refractivity contribution in [3.63, 3.8) is 0 Å². The van der Waals surface area contributed by atoms with Gasteiger partial charge in [-0.2, -0.15) is 0 Å². The zero-order chi connectivity index (χ0) is 6.53. The molecule has 0 radical (unpaired) electrons. The van der Waals surface area contributed by atoms with Crippen molar-refractivity contribution in [3.05, 3.63) is 0 Å². The maximum Gasteiger partial charge on any atom is 0.139 e. The maximum atomic E-state index is 5.16. The molecule has 0 atom stereocenters. The molecule has 0 aromatic heterocycles. The van der Waals surface area contributed by atoms with Crippen LogP contribution in [0.4, 0.5) is 0 Å². The summed E-state index contributed by atoms with van der Waals surface area (Å²) in [6.07, 6.45) is 5.15. The van der Waals surface area contributed by atoms with Gasteiger partial charge in [-0.15, -0.1) is 6.42 Å². The van der Waals surface area contributed by atoms with Crippen molar-refractivity contribution in [1.82, 2.24) is 0 Å². The minimum absolute atomic E-state index is 0.851. The van der Waals surface area contributed by atoms with E-state index in [2.05, 4.69) is 5.92 Å². The van der Waals surface area contributed by atoms with Gasteiger partial charge in [-0.1, -0.05) is 0 Å². The molecule has 1 saturated heterocycles. The van der Waals surface area contributed by atoms with E-state index in [4.69, 9.17) is 11.2 Å². The fourth-order valence-electron chi connectivity index (χ4n) is 0.981. The molecule has 0 spiro atoms. The largest absolute Gasteiger partial charge is 0.370 e. The van der Waals surface area contributed by atoms with Crippen molar-refractivity contribution < 1.29 is 9.64 Å². The summed E-state index contributed by atoms with van der Waals surface area (Å²) >= 11 is 0. The maximum absolute atomic E-state index is 5.16. The van der Waals surface area contributed by atoms with E-state index in [9.17, 15) is 0 Å². The molecule has 1 fully saturated rings. The Balaban J connectivity index is 2.17. The molecule has 0 aromatic carbocycles. The predicted octanol–water partition coefficient (Wildman–Crippen LogP) is -1.47. The minimum Gasteiger partial charge on any atom is -0.370 e. The average Bonchev–Trinajstić information content (AvgIpc) is 1.91. The molecule has 1 aliphatic rings. The van der Waals surface area contributed by atoms with E-state index in [1.165, 1.54) is 4.90 Å². The van der Waals surface area contributed by atoms with Gasteiger partial charge in [0.25, 0.3) is 0 Å². The number of morpholine rings is 1. The Morgan fingerprint density at radius 2 is 2.11 bits per heavy atom. The van der Waals surface area contributed by atoms with Crippen LogP contribution in [0.5, 0.6) is 0 Å². The molecule has 0 saturated carbocycles. The highest BCUT2D eigenvalue weighted by Gasteiger charge is 2.10. The lowest BCUT2D eigenvalue weighted by Gasteiger charge is -2.21. The molecule has 0 bridgehead atoms. The van der Waals surface area contributed by atoms with E-state index in [0.717, 1.165) is 32.8 Å². The quantitative estimate of drug-likeness (QED) is 0.424. The number of hydrogen-bond acceptors (Lipinski definition) is 1. The van der Waals surface area contributed by atoms with E-state index >= 15 is 0 Å². The second-order valence-corrected chi connectivity index (χ2v) is 2.24. The summed E-state index contributed by atoms with van der Waals surface area (Å²) < 4.78 is 5.16. The van der Waals surface area contributed by atoms with Gasteiger partial charge >= 0.3 is 0 Å². The molecular formula is C7H12NO+. The molecule has 50 valence electrons. The lowest BCUT2D eigenvalue weighted by atomic mass is 10.4. The van der Waals surface area contributed by atoms with Gasteiger partial charge in [0.05, 0.1) is 13.2 Å². The predicted molar refractivity (Wildman–Crippen MR) is 35.2 cm³/mol. The van der Waals surface area contributed by atoms with Crippen LogP contribution in [0.25, 0.3) is 0 Å². The molecule has 1 N–H and O–H groups in total. The highest BCUT2D eigenvalue weighted by atomic mass is 16.5. The molecule has 2 nitrogen and oxygen atoms in total. The van der Waals surface area contributed by atoms with Crippen LogP contribution >= 0.6 is 0 Å². The van der Waals surface area contributed by atoms with Crippen molar-refractivity contribution in [2.45, 2.75) is 0 Å². The second-order valence-electron chi connectivity index (χ2n) is 2.24. The number of terminal acetylenes is 1. The molecule has 0 aliphatic carbocycles. The van der Waals surface area contributed by atoms with E-state index in [0.29, 0.717) is 0 Å². The van der Waals surface area contributed by atoms with Crippen LogP contribution < -0.4 is 4.90 Å². The van der Waals surface area contributed by atoms with Gasteiger partial charge in [0.1, 0.15) is 19.6 Å². The molecule has 2 heteroatoms. The third-order valence-electron chi connectivity index (χ3n) is 1.55. The summed E-state index contributed by atoms with van der Waals surface area (Å²) in [5.41, 5.74) is 0. The van der Waals surface area contributed by atoms with Gasteiger partial charge in [-0.05, 0) is 5.92 Å². The van der Waals surface area contributed by atoms with Crippen molar-refractivity contribution >= 4 is 0 Å². The fourth-order valence-corrected chi connectivity index (χ4v) is 0.981. The Hall–Kier alpha value is -0.520. The van der Waals surface area contributed by atoms with Crippen molar-refractivity contribution in [2.24, 2.45) is 0 Å². The molecule has 1 heterocycles. The third kappa shape index (κ3) is 2.05. The topological polar surface area (TPSA) is 13.7 Å². The third-order valence-corrected chi connectivity index (χ3v) is 1.55. The number of hydrogen-bond donors (Lipinski definition) is 1. The van der Waals surface area contributed by atoms with Gasteiger partial charge in [0.2, 0.25) is 0 Å². The van der Waals surface area contributed by atoms with Crippen LogP contribution in [0.15, 0.2) is 0 Å². The minimum atomic E-state index is 0.851. The lowest BCUT2D eigenvalue weighted by Crippen LogP contribution is -3.14. The summed E-state index contributed by atoms with van der Waals surface area (Å²) in [6.45, 7) is 4.74. The van der Waals surface area contributed by atoms with Crippen molar-refractivity contribution in [3.8, 4) is 12.3 Å². The van der Waals surface area contributed by atoms with Crippen LogP contribution in [0.3, 0.4) is 0 Å². The van der Waals surface area contributed by atoms with E-state index in [1.807, 2.05) is 0 Å². The Bertz CT molecular complexity index is 111. The number of ether oxygens (including phenoxy) is 1. The highest BCUT2D eigenvalue weighted by molar-refractivity contribution is 4.82. The standard InChI is InChI=1S/C7H11NO/c1-2-3-8-4-6-9-7-5-8/h1H,3-7H2/p+1. The van der Waals surface area contributed by atoms with Gasteiger partial charge in [-0.25, -0.2) is 0 Å². The van der Waals surface area contributed by atoms with Crippen molar-refractivity contribution in [1.29, 1.82) is 0 Å². The van der Waals surface area contributed by atoms with E-state index in [-0.39, 0.29) is 0 Å². The van der Waals surface area contributed by atoms with Gasteiger partial charge in [-0.3, -0.25) is 0 Å². The molecular weight excluding hydrogens is 114 g/mol. The number of nitrogens with one attached hydrogen (secondary N) is 1. The highest BCUT2D eigenvalue weighted by Crippen LogP contribution is 1.73. The van der Waals surface area contributed by atoms with Crippen LogP contribution in [0.2, 0.25) is 0 Å². The smallest absolute Gasteiger partial charge is 0.139 e. The van der Waals surface area contributed by atoms with Crippen LogP contribution in [-0.4, -0.2) is 32.8 Å². The molecule has 9 heavy (non-hydrogen) atoms. The number of quaternary nitrogens is 1. The summed E-state index contributed by atoms with van der Waals surface area (Å²) in [5.74, 6) is 2.64. The van der Waals surface area contributed by atoms with E-state index < -0.39 is 0 Å². The van der Waals surface area contributed by atoms with Crippen LogP contribution in [0, 0.1) is 12.3 Å². The zero-order valence-corrected chi connectivity index (χ0v) is 5.52. The number of rotatable bonds is 1. The Morgan fingerprint density at radius 3 is 2.67 bits per heavy atom. The van der Waals surface area contributed by atoms with Gasteiger partial charge in [0.15, 0.2) is 0 Å². The first kappa shape index (κ1) is 6.60. The van der Waals surface area contributed by atoms with Gasteiger partial charge in [0, 0.05) is 0 Å². The zero-order valence-electron chi connectivity index (χ0n) is 5.52. The molecule has 0 unspecified atom stereocenters. The molecule has 0 amide bonds. The monoisotopic (exact) mass is 126 g/mol. The summed E-state index contributed by atoms with van der Waals surface area (Å²) in [5, 5.41) is 0. The summed E-state index contributed by atoms with van der Waals surface area (Å²) in [6, 6.07) is 0. The lowest BCUT2D eigenvalue weighted by molar-refractivity contribution is -0.900. The van der Waals surface area contributed by atoms with Gasteiger partial charge < -0.3 is 9.64 Å².